The molecule has 3 N–H and O–H groups in total. The van der Waals surface area contributed by atoms with Crippen LogP contribution in [0.3, 0.4) is 0 Å². The van der Waals surface area contributed by atoms with Crippen LogP contribution >= 0.6 is 0 Å². The molecule has 0 spiro atoms. The average Bonchev–Trinajstić information content (AvgIpc) is 2.61. The van der Waals surface area contributed by atoms with E-state index in [0.29, 0.717) is 12.5 Å². The van der Waals surface area contributed by atoms with Crippen molar-refractivity contribution in [1.29, 1.82) is 0 Å². The standard InChI is InChI=1S/C19H23N3OS/c1-24(23)16-11-9-14(10-12-16)13-21-19(20)22-18-8-4-6-15-5-2-3-7-17(15)18/h4,6,8-12H,2-3,5,7,13H2,1H3,(H3,20,21,22). The summed E-state index contributed by atoms with van der Waals surface area (Å²) in [6.45, 7) is 0.504. The van der Waals surface area contributed by atoms with E-state index in [0.717, 1.165) is 29.0 Å². The molecule has 2 aromatic rings. The summed E-state index contributed by atoms with van der Waals surface area (Å²) in [6.07, 6.45) is 6.41. The number of benzene rings is 2. The largest absolute Gasteiger partial charge is 0.370 e. The Bertz CT molecular complexity index is 769. The van der Waals surface area contributed by atoms with Crippen molar-refractivity contribution >= 4 is 22.4 Å². The number of aryl methyl sites for hydroxylation is 1. The second-order valence-electron chi connectivity index (χ2n) is 6.07. The smallest absolute Gasteiger partial charge is 0.193 e. The molecule has 0 saturated heterocycles. The molecule has 5 heteroatoms. The van der Waals surface area contributed by atoms with Crippen molar-refractivity contribution in [1.82, 2.24) is 0 Å². The van der Waals surface area contributed by atoms with Gasteiger partial charge in [0.1, 0.15) is 0 Å². The Morgan fingerprint density at radius 1 is 1.17 bits per heavy atom. The van der Waals surface area contributed by atoms with E-state index in [-0.39, 0.29) is 0 Å². The molecule has 1 aliphatic rings. The summed E-state index contributed by atoms with van der Waals surface area (Å²) >= 11 is 0. The first-order valence-corrected chi connectivity index (χ1v) is 9.79. The van der Waals surface area contributed by atoms with E-state index in [9.17, 15) is 4.21 Å². The van der Waals surface area contributed by atoms with Gasteiger partial charge in [-0.2, -0.15) is 0 Å². The first-order chi connectivity index (χ1) is 11.6. The number of guanidine groups is 1. The molecule has 0 heterocycles. The number of aliphatic imine (C=N–C) groups is 1. The van der Waals surface area contributed by atoms with Gasteiger partial charge < -0.3 is 11.1 Å². The Morgan fingerprint density at radius 2 is 1.92 bits per heavy atom. The van der Waals surface area contributed by atoms with E-state index in [1.807, 2.05) is 24.3 Å². The molecule has 0 fully saturated rings. The average molecular weight is 341 g/mol. The highest BCUT2D eigenvalue weighted by Crippen LogP contribution is 2.27. The van der Waals surface area contributed by atoms with Gasteiger partial charge in [0.25, 0.3) is 0 Å². The van der Waals surface area contributed by atoms with Gasteiger partial charge in [-0.1, -0.05) is 24.3 Å². The zero-order chi connectivity index (χ0) is 16.9. The third-order valence-corrected chi connectivity index (χ3v) is 5.28. The fourth-order valence-electron chi connectivity index (χ4n) is 3.04. The summed E-state index contributed by atoms with van der Waals surface area (Å²) in [5, 5.41) is 3.25. The van der Waals surface area contributed by atoms with Gasteiger partial charge in [0, 0.05) is 27.6 Å². The Morgan fingerprint density at radius 3 is 2.67 bits per heavy atom. The van der Waals surface area contributed by atoms with Gasteiger partial charge in [-0.15, -0.1) is 0 Å². The van der Waals surface area contributed by atoms with E-state index >= 15 is 0 Å². The van der Waals surface area contributed by atoms with E-state index in [4.69, 9.17) is 5.73 Å². The predicted octanol–water partition coefficient (Wildman–Crippen LogP) is 3.23. The van der Waals surface area contributed by atoms with Crippen molar-refractivity contribution in [3.05, 3.63) is 59.2 Å². The first-order valence-electron chi connectivity index (χ1n) is 8.23. The summed E-state index contributed by atoms with van der Waals surface area (Å²) < 4.78 is 11.4. The lowest BCUT2D eigenvalue weighted by Gasteiger charge is -2.19. The Balaban J connectivity index is 1.67. The van der Waals surface area contributed by atoms with E-state index < -0.39 is 10.8 Å². The monoisotopic (exact) mass is 341 g/mol. The minimum atomic E-state index is -0.951. The maximum atomic E-state index is 11.4. The highest BCUT2D eigenvalue weighted by atomic mass is 32.2. The fraction of sp³-hybridized carbons (Fsp3) is 0.316. The first kappa shape index (κ1) is 16.7. The molecule has 4 nitrogen and oxygen atoms in total. The highest BCUT2D eigenvalue weighted by Gasteiger charge is 2.13. The molecule has 0 aromatic heterocycles. The number of nitrogens with zero attached hydrogens (tertiary/aromatic N) is 1. The van der Waals surface area contributed by atoms with Crippen LogP contribution in [-0.2, 0) is 30.2 Å². The maximum absolute atomic E-state index is 11.4. The van der Waals surface area contributed by atoms with Crippen LogP contribution in [0.2, 0.25) is 0 Å². The zero-order valence-corrected chi connectivity index (χ0v) is 14.7. The maximum Gasteiger partial charge on any atom is 0.193 e. The van der Waals surface area contributed by atoms with Gasteiger partial charge in [0.05, 0.1) is 6.54 Å². The van der Waals surface area contributed by atoms with Crippen LogP contribution in [0.4, 0.5) is 5.69 Å². The molecule has 2 aromatic carbocycles. The molecule has 0 aliphatic heterocycles. The summed E-state index contributed by atoms with van der Waals surface area (Å²) in [5.41, 5.74) is 11.0. The summed E-state index contributed by atoms with van der Waals surface area (Å²) in [4.78, 5) is 5.24. The van der Waals surface area contributed by atoms with E-state index in [1.165, 1.54) is 24.0 Å². The lowest BCUT2D eigenvalue weighted by molar-refractivity contribution is 0.686. The Kier molecular flexibility index (Phi) is 5.30. The number of nitrogens with two attached hydrogens (primary N) is 1. The molecule has 1 atom stereocenters. The molecule has 126 valence electrons. The van der Waals surface area contributed by atoms with Gasteiger partial charge >= 0.3 is 0 Å². The van der Waals surface area contributed by atoms with E-state index in [1.54, 1.807) is 6.26 Å². The van der Waals surface area contributed by atoms with Gasteiger partial charge in [0.15, 0.2) is 5.96 Å². The molecule has 0 bridgehead atoms. The van der Waals surface area contributed by atoms with Crippen LogP contribution in [-0.4, -0.2) is 16.4 Å². The number of rotatable bonds is 4. The van der Waals surface area contributed by atoms with Crippen molar-refractivity contribution in [2.24, 2.45) is 10.7 Å². The van der Waals surface area contributed by atoms with Crippen LogP contribution in [0, 0.1) is 0 Å². The second kappa shape index (κ2) is 7.62. The third-order valence-electron chi connectivity index (χ3n) is 4.35. The summed E-state index contributed by atoms with van der Waals surface area (Å²) in [7, 11) is -0.951. The van der Waals surface area contributed by atoms with Crippen molar-refractivity contribution < 1.29 is 4.21 Å². The van der Waals surface area contributed by atoms with Crippen molar-refractivity contribution in [3.63, 3.8) is 0 Å². The number of hydrogen-bond acceptors (Lipinski definition) is 2. The number of fused-ring (bicyclic) bond motifs is 1. The third kappa shape index (κ3) is 4.03. The number of hydrogen-bond donors (Lipinski definition) is 2. The van der Waals surface area contributed by atoms with Crippen LogP contribution in [0.15, 0.2) is 52.4 Å². The predicted molar refractivity (Wildman–Crippen MR) is 101 cm³/mol. The lowest BCUT2D eigenvalue weighted by Crippen LogP contribution is -2.24. The SMILES string of the molecule is CS(=O)c1ccc(CN=C(N)Nc2cccc3c2CCCC3)cc1. The Labute approximate surface area is 145 Å². The molecule has 1 aliphatic carbocycles. The topological polar surface area (TPSA) is 67.5 Å². The molecular formula is C19H23N3OS. The van der Waals surface area contributed by atoms with Crippen LogP contribution in [0.25, 0.3) is 0 Å². The Hall–Kier alpha value is -2.14. The summed E-state index contributed by atoms with van der Waals surface area (Å²) in [6, 6.07) is 14.0. The molecule has 1 unspecified atom stereocenters. The lowest BCUT2D eigenvalue weighted by atomic mass is 9.90. The van der Waals surface area contributed by atoms with Crippen molar-refractivity contribution in [2.45, 2.75) is 37.1 Å². The van der Waals surface area contributed by atoms with Crippen molar-refractivity contribution in [3.8, 4) is 0 Å². The van der Waals surface area contributed by atoms with Gasteiger partial charge in [-0.05, 0) is 60.6 Å². The zero-order valence-electron chi connectivity index (χ0n) is 13.9. The molecule has 0 amide bonds. The number of nitrogens with one attached hydrogen (secondary N) is 1. The van der Waals surface area contributed by atoms with Crippen LogP contribution in [0.5, 0.6) is 0 Å². The molecular weight excluding hydrogens is 318 g/mol. The van der Waals surface area contributed by atoms with Crippen LogP contribution in [0.1, 0.15) is 29.5 Å². The van der Waals surface area contributed by atoms with Crippen molar-refractivity contribution in [2.75, 3.05) is 11.6 Å². The van der Waals surface area contributed by atoms with Crippen LogP contribution < -0.4 is 11.1 Å². The molecule has 24 heavy (non-hydrogen) atoms. The molecule has 3 rings (SSSR count). The minimum absolute atomic E-state index is 0.428. The quantitative estimate of drug-likeness (QED) is 0.663. The van der Waals surface area contributed by atoms with E-state index in [2.05, 4.69) is 28.5 Å². The minimum Gasteiger partial charge on any atom is -0.370 e. The number of anilines is 1. The highest BCUT2D eigenvalue weighted by molar-refractivity contribution is 7.84. The van der Waals surface area contributed by atoms with Gasteiger partial charge in [-0.25, -0.2) is 4.99 Å². The molecule has 0 radical (unpaired) electrons. The van der Waals surface area contributed by atoms with Gasteiger partial charge in [0.2, 0.25) is 0 Å². The second-order valence-corrected chi connectivity index (χ2v) is 7.45. The fourth-order valence-corrected chi connectivity index (χ4v) is 3.56. The van der Waals surface area contributed by atoms with Gasteiger partial charge in [-0.3, -0.25) is 4.21 Å². The summed E-state index contributed by atoms with van der Waals surface area (Å²) in [5.74, 6) is 0.428. The molecule has 0 saturated carbocycles. The normalized spacial score (nSPS) is 15.6.